The molecule has 0 unspecified atom stereocenters. The van der Waals surface area contributed by atoms with Crippen LogP contribution in [0.25, 0.3) is 0 Å². The summed E-state index contributed by atoms with van der Waals surface area (Å²) in [5.74, 6) is -0.861. The molecule has 8 nitrogen and oxygen atoms in total. The Labute approximate surface area is 166 Å². The number of hydrogen-bond acceptors (Lipinski definition) is 5. The number of carbonyl (C=O) groups excluding carboxylic acids is 3. The fourth-order valence-corrected chi connectivity index (χ4v) is 2.83. The van der Waals surface area contributed by atoms with Gasteiger partial charge in [-0.25, -0.2) is 4.79 Å². The van der Waals surface area contributed by atoms with Gasteiger partial charge in [0.25, 0.3) is 0 Å². The number of likely N-dealkylation sites (N-methyl/N-ethyl adjacent to an activating group) is 1. The minimum atomic E-state index is -0.730. The molecule has 8 heteroatoms. The monoisotopic (exact) mass is 392 g/mol. The zero-order valence-corrected chi connectivity index (χ0v) is 17.1. The van der Waals surface area contributed by atoms with Gasteiger partial charge in [0.1, 0.15) is 12.6 Å². The van der Waals surface area contributed by atoms with E-state index in [1.165, 1.54) is 11.9 Å². The third kappa shape index (κ3) is 7.19. The second-order valence-electron chi connectivity index (χ2n) is 7.27. The van der Waals surface area contributed by atoms with Gasteiger partial charge in [-0.15, -0.1) is 0 Å². The van der Waals surface area contributed by atoms with Crippen LogP contribution in [0.1, 0.15) is 39.2 Å². The van der Waals surface area contributed by atoms with Gasteiger partial charge in [-0.2, -0.15) is 0 Å². The molecule has 3 amide bonds. The van der Waals surface area contributed by atoms with E-state index in [0.717, 1.165) is 18.4 Å². The van der Waals surface area contributed by atoms with E-state index in [1.54, 1.807) is 24.3 Å². The van der Waals surface area contributed by atoms with Crippen molar-refractivity contribution in [2.75, 3.05) is 18.9 Å². The van der Waals surface area contributed by atoms with Gasteiger partial charge in [-0.3, -0.25) is 14.5 Å². The lowest BCUT2D eigenvalue weighted by molar-refractivity contribution is -0.123. The molecule has 1 aromatic carbocycles. The van der Waals surface area contributed by atoms with Crippen molar-refractivity contribution in [3.63, 3.8) is 0 Å². The van der Waals surface area contributed by atoms with Crippen LogP contribution in [0, 0.1) is 11.8 Å². The maximum Gasteiger partial charge on any atom is 0.410 e. The molecule has 0 heterocycles. The Morgan fingerprint density at radius 2 is 1.75 bits per heavy atom. The molecule has 0 bridgehead atoms. The standard InChI is InChI=1S/C20H32N4O4/c1-13(2)17(18(22)25)24(4)20(27)28-12-15-7-9-16(10-8-15)23-19(26)14(3)6-5-11-21/h7-10,13-14,17H,5-6,11-12,21H2,1-4H3,(H2,22,25)(H,23,26)/t14-,17-/m0/s1. The van der Waals surface area contributed by atoms with Crippen LogP contribution in [0.15, 0.2) is 24.3 Å². The smallest absolute Gasteiger partial charge is 0.410 e. The van der Waals surface area contributed by atoms with Crippen LogP contribution in [0.5, 0.6) is 0 Å². The fourth-order valence-electron chi connectivity index (χ4n) is 2.83. The average Bonchev–Trinajstić information content (AvgIpc) is 2.64. The number of nitrogens with zero attached hydrogens (tertiary/aromatic N) is 1. The highest BCUT2D eigenvalue weighted by atomic mass is 16.6. The Morgan fingerprint density at radius 3 is 2.25 bits per heavy atom. The molecular formula is C20H32N4O4. The van der Waals surface area contributed by atoms with E-state index in [4.69, 9.17) is 16.2 Å². The summed E-state index contributed by atoms with van der Waals surface area (Å²) in [4.78, 5) is 37.0. The van der Waals surface area contributed by atoms with Crippen LogP contribution in [0.2, 0.25) is 0 Å². The van der Waals surface area contributed by atoms with E-state index < -0.39 is 18.0 Å². The van der Waals surface area contributed by atoms with Gasteiger partial charge in [0.2, 0.25) is 11.8 Å². The van der Waals surface area contributed by atoms with Crippen molar-refractivity contribution in [2.24, 2.45) is 23.3 Å². The number of carbonyl (C=O) groups is 3. The van der Waals surface area contributed by atoms with Crippen LogP contribution in [0.4, 0.5) is 10.5 Å². The van der Waals surface area contributed by atoms with Crippen molar-refractivity contribution >= 4 is 23.6 Å². The highest BCUT2D eigenvalue weighted by Crippen LogP contribution is 2.15. The summed E-state index contributed by atoms with van der Waals surface area (Å²) in [5, 5.41) is 2.85. The number of nitrogens with two attached hydrogens (primary N) is 2. The van der Waals surface area contributed by atoms with Gasteiger partial charge in [0.05, 0.1) is 0 Å². The minimum Gasteiger partial charge on any atom is -0.445 e. The molecular weight excluding hydrogens is 360 g/mol. The van der Waals surface area contributed by atoms with Crippen molar-refractivity contribution < 1.29 is 19.1 Å². The number of amides is 3. The van der Waals surface area contributed by atoms with Gasteiger partial charge in [0.15, 0.2) is 0 Å². The highest BCUT2D eigenvalue weighted by molar-refractivity contribution is 5.92. The molecule has 0 radical (unpaired) electrons. The number of benzene rings is 1. The van der Waals surface area contributed by atoms with Crippen LogP contribution < -0.4 is 16.8 Å². The van der Waals surface area contributed by atoms with Crippen molar-refractivity contribution in [2.45, 2.75) is 46.3 Å². The van der Waals surface area contributed by atoms with E-state index in [1.807, 2.05) is 20.8 Å². The highest BCUT2D eigenvalue weighted by Gasteiger charge is 2.28. The molecule has 0 aromatic heterocycles. The number of nitrogens with one attached hydrogen (secondary N) is 1. The third-order valence-electron chi connectivity index (χ3n) is 4.50. The zero-order valence-electron chi connectivity index (χ0n) is 17.1. The van der Waals surface area contributed by atoms with Crippen molar-refractivity contribution in [1.82, 2.24) is 4.90 Å². The van der Waals surface area contributed by atoms with Gasteiger partial charge in [0, 0.05) is 18.7 Å². The van der Waals surface area contributed by atoms with Crippen LogP contribution >= 0.6 is 0 Å². The van der Waals surface area contributed by atoms with Gasteiger partial charge >= 0.3 is 6.09 Å². The van der Waals surface area contributed by atoms with Gasteiger partial charge in [-0.1, -0.05) is 32.9 Å². The summed E-state index contributed by atoms with van der Waals surface area (Å²) in [6.45, 7) is 6.10. The first-order valence-corrected chi connectivity index (χ1v) is 9.46. The van der Waals surface area contributed by atoms with Crippen molar-refractivity contribution in [3.05, 3.63) is 29.8 Å². The summed E-state index contributed by atoms with van der Waals surface area (Å²) < 4.78 is 5.25. The van der Waals surface area contributed by atoms with Crippen LogP contribution in [0.3, 0.4) is 0 Å². The largest absolute Gasteiger partial charge is 0.445 e. The van der Waals surface area contributed by atoms with Gasteiger partial charge < -0.3 is 21.5 Å². The summed E-state index contributed by atoms with van der Waals surface area (Å²) in [5.41, 5.74) is 12.3. The zero-order chi connectivity index (χ0) is 21.3. The first-order valence-electron chi connectivity index (χ1n) is 9.46. The fraction of sp³-hybridized carbons (Fsp3) is 0.550. The lowest BCUT2D eigenvalue weighted by Gasteiger charge is -2.27. The van der Waals surface area contributed by atoms with Gasteiger partial charge in [-0.05, 0) is 43.0 Å². The molecule has 2 atom stereocenters. The first kappa shape index (κ1) is 23.4. The quantitative estimate of drug-likeness (QED) is 0.562. The second-order valence-corrected chi connectivity index (χ2v) is 7.27. The third-order valence-corrected chi connectivity index (χ3v) is 4.50. The summed E-state index contributed by atoms with van der Waals surface area (Å²) in [7, 11) is 1.49. The molecule has 0 aliphatic heterocycles. The molecule has 156 valence electrons. The summed E-state index contributed by atoms with van der Waals surface area (Å²) in [6, 6.07) is 6.30. The number of hydrogen-bond donors (Lipinski definition) is 3. The van der Waals surface area contributed by atoms with E-state index >= 15 is 0 Å². The maximum atomic E-state index is 12.2. The topological polar surface area (TPSA) is 128 Å². The Bertz CT molecular complexity index is 661. The molecule has 1 rings (SSSR count). The van der Waals surface area contributed by atoms with E-state index in [0.29, 0.717) is 12.2 Å². The Balaban J connectivity index is 2.57. The van der Waals surface area contributed by atoms with Crippen LogP contribution in [-0.2, 0) is 20.9 Å². The SMILES string of the molecule is CC(C)[C@@H](C(N)=O)N(C)C(=O)OCc1ccc(NC(=O)[C@@H](C)CCCN)cc1. The lowest BCUT2D eigenvalue weighted by Crippen LogP contribution is -2.48. The normalized spacial score (nSPS) is 12.9. The van der Waals surface area contributed by atoms with E-state index in [9.17, 15) is 14.4 Å². The minimum absolute atomic E-state index is 0.0495. The predicted molar refractivity (Wildman–Crippen MR) is 108 cm³/mol. The maximum absolute atomic E-state index is 12.2. The predicted octanol–water partition coefficient (Wildman–Crippen LogP) is 2.08. The molecule has 0 saturated heterocycles. The molecule has 5 N–H and O–H groups in total. The lowest BCUT2D eigenvalue weighted by atomic mass is 10.0. The number of rotatable bonds is 10. The van der Waals surface area contributed by atoms with Crippen LogP contribution in [-0.4, -0.2) is 42.4 Å². The first-order chi connectivity index (χ1) is 13.2. The second kappa shape index (κ2) is 11.3. The van der Waals surface area contributed by atoms with Crippen molar-refractivity contribution in [3.8, 4) is 0 Å². The molecule has 0 spiro atoms. The molecule has 28 heavy (non-hydrogen) atoms. The molecule has 1 aromatic rings. The molecule has 0 aliphatic carbocycles. The van der Waals surface area contributed by atoms with E-state index in [2.05, 4.69) is 5.32 Å². The number of primary amides is 1. The summed E-state index contributed by atoms with van der Waals surface area (Å²) >= 11 is 0. The Morgan fingerprint density at radius 1 is 1.14 bits per heavy atom. The summed E-state index contributed by atoms with van der Waals surface area (Å²) in [6.07, 6.45) is 0.927. The molecule has 0 saturated carbocycles. The van der Waals surface area contributed by atoms with E-state index in [-0.39, 0.29) is 24.3 Å². The Kier molecular flexibility index (Phi) is 9.44. The van der Waals surface area contributed by atoms with Crippen molar-refractivity contribution in [1.29, 1.82) is 0 Å². The molecule has 0 fully saturated rings. The average molecular weight is 393 g/mol. The number of ether oxygens (including phenoxy) is 1. The number of anilines is 1. The Hall–Kier alpha value is -2.61. The molecule has 0 aliphatic rings.